The Balaban J connectivity index is 1.73. The van der Waals surface area contributed by atoms with Gasteiger partial charge in [0, 0.05) is 0 Å². The van der Waals surface area contributed by atoms with Crippen molar-refractivity contribution in [2.24, 2.45) is 4.99 Å². The second-order valence-electron chi connectivity index (χ2n) is 8.36. The molecule has 2 amide bonds. The fourth-order valence-corrected chi connectivity index (χ4v) is 6.51. The lowest BCUT2D eigenvalue weighted by atomic mass is 10.1. The molecule has 3 rings (SSSR count). The number of thiazole rings is 1. The fraction of sp³-hybridized carbons (Fsp3) is 0.407. The topological polar surface area (TPSA) is 152 Å². The number of esters is 3. The maximum absolute atomic E-state index is 12.7. The highest BCUT2D eigenvalue weighted by atomic mass is 32.2. The highest BCUT2D eigenvalue weighted by Gasteiger charge is 2.27. The number of amides is 2. The predicted octanol–water partition coefficient (Wildman–Crippen LogP) is 3.80. The van der Waals surface area contributed by atoms with Crippen LogP contribution >= 0.6 is 34.4 Å². The zero-order chi connectivity index (χ0) is 30.8. The van der Waals surface area contributed by atoms with Gasteiger partial charge in [-0.05, 0) is 51.5 Å². The van der Waals surface area contributed by atoms with Gasteiger partial charge in [0.1, 0.15) is 22.2 Å². The van der Waals surface area contributed by atoms with E-state index >= 15 is 0 Å². The lowest BCUT2D eigenvalue weighted by molar-refractivity contribution is -0.143. The maximum Gasteiger partial charge on any atom is 0.348 e. The number of carbonyl (C=O) groups is 5. The number of anilines is 1. The van der Waals surface area contributed by atoms with Crippen molar-refractivity contribution in [3.05, 3.63) is 39.0 Å². The number of nitrogens with one attached hydrogen (secondary N) is 1. The molecule has 3 aromatic rings. The van der Waals surface area contributed by atoms with Gasteiger partial charge >= 0.3 is 17.9 Å². The molecule has 226 valence electrons. The van der Waals surface area contributed by atoms with Crippen molar-refractivity contribution in [1.82, 2.24) is 4.57 Å². The Morgan fingerprint density at radius 2 is 1.64 bits per heavy atom. The van der Waals surface area contributed by atoms with Crippen molar-refractivity contribution in [3.8, 4) is 5.75 Å². The van der Waals surface area contributed by atoms with E-state index in [4.69, 9.17) is 18.9 Å². The first-order valence-corrected chi connectivity index (χ1v) is 15.7. The summed E-state index contributed by atoms with van der Waals surface area (Å²) in [7, 11) is 1.54. The predicted molar refractivity (Wildman–Crippen MR) is 160 cm³/mol. The maximum atomic E-state index is 12.7. The van der Waals surface area contributed by atoms with Gasteiger partial charge < -0.3 is 28.8 Å². The molecule has 2 aromatic heterocycles. The number of hydrogen-bond donors (Lipinski definition) is 1. The van der Waals surface area contributed by atoms with Gasteiger partial charge in [0.25, 0.3) is 5.91 Å². The quantitative estimate of drug-likeness (QED) is 0.216. The number of hydrogen-bond acceptors (Lipinski definition) is 12. The van der Waals surface area contributed by atoms with Gasteiger partial charge in [-0.1, -0.05) is 11.3 Å². The molecule has 0 aliphatic heterocycles. The Hall–Kier alpha value is -3.69. The van der Waals surface area contributed by atoms with Crippen LogP contribution in [0.3, 0.4) is 0 Å². The van der Waals surface area contributed by atoms with E-state index in [0.717, 1.165) is 27.8 Å². The normalized spacial score (nSPS) is 11.3. The van der Waals surface area contributed by atoms with Crippen molar-refractivity contribution in [3.63, 3.8) is 0 Å². The van der Waals surface area contributed by atoms with Crippen LogP contribution in [0.25, 0.3) is 10.2 Å². The van der Waals surface area contributed by atoms with Crippen LogP contribution in [0.15, 0.2) is 23.2 Å². The minimum atomic E-state index is -0.671. The van der Waals surface area contributed by atoms with Gasteiger partial charge in [0.05, 0.1) is 54.2 Å². The Morgan fingerprint density at radius 1 is 0.952 bits per heavy atom. The highest BCUT2D eigenvalue weighted by molar-refractivity contribution is 8.00. The van der Waals surface area contributed by atoms with E-state index in [2.05, 4.69) is 10.3 Å². The molecular weight excluding hydrogens is 607 g/mol. The van der Waals surface area contributed by atoms with Crippen LogP contribution in [-0.2, 0) is 35.1 Å². The summed E-state index contributed by atoms with van der Waals surface area (Å²) in [4.78, 5) is 67.2. The number of rotatable bonds is 13. The monoisotopic (exact) mass is 637 g/mol. The fourth-order valence-electron chi connectivity index (χ4n) is 3.73. The third kappa shape index (κ3) is 8.20. The molecule has 0 fully saturated rings. The number of ether oxygens (including phenoxy) is 4. The lowest BCUT2D eigenvalue weighted by Gasteiger charge is -2.07. The summed E-state index contributed by atoms with van der Waals surface area (Å²) in [6.45, 7) is 6.96. The van der Waals surface area contributed by atoms with E-state index in [-0.39, 0.29) is 53.3 Å². The van der Waals surface area contributed by atoms with Crippen LogP contribution in [0.4, 0.5) is 5.00 Å². The summed E-state index contributed by atoms with van der Waals surface area (Å²) in [5.74, 6) is -2.36. The molecule has 0 spiro atoms. The molecule has 12 nitrogen and oxygen atoms in total. The zero-order valence-electron chi connectivity index (χ0n) is 23.8. The number of methoxy groups -OCH3 is 1. The summed E-state index contributed by atoms with van der Waals surface area (Å²) >= 11 is 3.17. The Morgan fingerprint density at radius 3 is 2.31 bits per heavy atom. The average molecular weight is 638 g/mol. The molecule has 2 heterocycles. The summed E-state index contributed by atoms with van der Waals surface area (Å²) in [5.41, 5.74) is 1.13. The molecule has 0 bridgehead atoms. The molecule has 0 atom stereocenters. The summed E-state index contributed by atoms with van der Waals surface area (Å²) in [6, 6.07) is 5.31. The number of thiophene rings is 1. The van der Waals surface area contributed by atoms with Crippen LogP contribution in [0.2, 0.25) is 0 Å². The summed E-state index contributed by atoms with van der Waals surface area (Å²) in [6.07, 6.45) is 0. The third-order valence-corrected chi connectivity index (χ3v) is 8.65. The first kappa shape index (κ1) is 32.8. The molecule has 0 unspecified atom stereocenters. The summed E-state index contributed by atoms with van der Waals surface area (Å²) < 4.78 is 22.9. The molecule has 15 heteroatoms. The zero-order valence-corrected chi connectivity index (χ0v) is 26.2. The second-order valence-corrected chi connectivity index (χ2v) is 11.4. The van der Waals surface area contributed by atoms with E-state index in [9.17, 15) is 24.0 Å². The minimum Gasteiger partial charge on any atom is -0.497 e. The van der Waals surface area contributed by atoms with Crippen LogP contribution in [0, 0.1) is 6.92 Å². The third-order valence-electron chi connectivity index (χ3n) is 5.50. The Bertz CT molecular complexity index is 1560. The highest BCUT2D eigenvalue weighted by Crippen LogP contribution is 2.34. The molecule has 0 saturated heterocycles. The van der Waals surface area contributed by atoms with E-state index in [1.54, 1.807) is 57.6 Å². The first-order valence-electron chi connectivity index (χ1n) is 12.9. The van der Waals surface area contributed by atoms with Crippen molar-refractivity contribution >= 4 is 79.4 Å². The molecule has 0 aliphatic carbocycles. The van der Waals surface area contributed by atoms with Gasteiger partial charge in [-0.3, -0.25) is 14.4 Å². The van der Waals surface area contributed by atoms with Crippen LogP contribution in [0.1, 0.15) is 46.4 Å². The lowest BCUT2D eigenvalue weighted by Crippen LogP contribution is -2.23. The second kappa shape index (κ2) is 15.5. The standard InChI is InChI=1S/C27H31N3O9S3/c1-6-37-21(33)12-30-17-10-9-16(36-5)11-18(17)41-27(30)29-20(32)14-40-13-19(31)28-24-22(25(34)38-7-2)15(4)23(42-24)26(35)39-8-3/h9-11H,6-8,12-14H2,1-5H3,(H,28,31). The van der Waals surface area contributed by atoms with Crippen LogP contribution in [-0.4, -0.2) is 72.7 Å². The Kier molecular flexibility index (Phi) is 12.1. The number of nitrogens with zero attached hydrogens (tertiary/aromatic N) is 2. The van der Waals surface area contributed by atoms with Gasteiger partial charge in [0.2, 0.25) is 5.91 Å². The van der Waals surface area contributed by atoms with Gasteiger partial charge in [-0.2, -0.15) is 4.99 Å². The largest absolute Gasteiger partial charge is 0.497 e. The Labute approximate surface area is 254 Å². The van der Waals surface area contributed by atoms with E-state index in [1.165, 1.54) is 11.3 Å². The molecular formula is C27H31N3O9S3. The molecule has 0 radical (unpaired) electrons. The molecule has 42 heavy (non-hydrogen) atoms. The number of fused-ring (bicyclic) bond motifs is 1. The van der Waals surface area contributed by atoms with Crippen molar-refractivity contribution in [1.29, 1.82) is 0 Å². The van der Waals surface area contributed by atoms with Crippen molar-refractivity contribution < 1.29 is 42.9 Å². The summed E-state index contributed by atoms with van der Waals surface area (Å²) in [5, 5.41) is 2.81. The van der Waals surface area contributed by atoms with Gasteiger partial charge in [-0.25, -0.2) is 9.59 Å². The molecule has 0 saturated carbocycles. The van der Waals surface area contributed by atoms with Crippen LogP contribution < -0.4 is 14.9 Å². The number of carbonyl (C=O) groups excluding carboxylic acids is 5. The van der Waals surface area contributed by atoms with Gasteiger partial charge in [-0.15, -0.1) is 23.1 Å². The van der Waals surface area contributed by atoms with E-state index < -0.39 is 29.7 Å². The minimum absolute atomic E-state index is 0.0851. The smallest absolute Gasteiger partial charge is 0.348 e. The SMILES string of the molecule is CCOC(=O)Cn1c(=NC(=O)CSCC(=O)Nc2sc(C(=O)OCC)c(C)c2C(=O)OCC)sc2cc(OC)ccc21. The molecule has 1 N–H and O–H groups in total. The number of thioether (sulfide) groups is 1. The van der Waals surface area contributed by atoms with E-state index in [0.29, 0.717) is 21.6 Å². The molecule has 0 aliphatic rings. The van der Waals surface area contributed by atoms with Gasteiger partial charge in [0.15, 0.2) is 4.80 Å². The van der Waals surface area contributed by atoms with E-state index in [1.807, 2.05) is 0 Å². The molecule has 1 aromatic carbocycles. The first-order chi connectivity index (χ1) is 20.1. The number of aromatic nitrogens is 1. The van der Waals surface area contributed by atoms with Crippen LogP contribution in [0.5, 0.6) is 5.75 Å². The van der Waals surface area contributed by atoms with Crippen molar-refractivity contribution in [2.75, 3.05) is 43.8 Å². The number of benzene rings is 1. The average Bonchev–Trinajstić information content (AvgIpc) is 3.44. The van der Waals surface area contributed by atoms with Crippen molar-refractivity contribution in [2.45, 2.75) is 34.2 Å².